The van der Waals surface area contributed by atoms with Crippen molar-refractivity contribution >= 4 is 5.91 Å². The fraction of sp³-hybridized carbons (Fsp3) is 0.562. The number of hydrogen-bond donors (Lipinski definition) is 1. The van der Waals surface area contributed by atoms with Gasteiger partial charge in [-0.1, -0.05) is 11.6 Å². The number of aliphatic hydroxyl groups excluding tert-OH is 1. The monoisotopic (exact) mass is 293 g/mol. The summed E-state index contributed by atoms with van der Waals surface area (Å²) in [5, 5.41) is 9.84. The van der Waals surface area contributed by atoms with E-state index in [2.05, 4.69) is 0 Å². The van der Waals surface area contributed by atoms with E-state index in [0.29, 0.717) is 37.6 Å². The molecule has 0 aromatic heterocycles. The van der Waals surface area contributed by atoms with Gasteiger partial charge in [-0.25, -0.2) is 0 Å². The number of morpholine rings is 1. The molecule has 0 spiro atoms. The summed E-state index contributed by atoms with van der Waals surface area (Å²) >= 11 is 0. The molecule has 1 saturated heterocycles. The van der Waals surface area contributed by atoms with Crippen LogP contribution >= 0.6 is 0 Å². The Hall–Kier alpha value is -1.59. The van der Waals surface area contributed by atoms with Crippen LogP contribution < -0.4 is 4.74 Å². The summed E-state index contributed by atoms with van der Waals surface area (Å²) in [6.07, 6.45) is -1.21. The maximum Gasteiger partial charge on any atom is 0.263 e. The van der Waals surface area contributed by atoms with E-state index in [4.69, 9.17) is 9.47 Å². The molecule has 2 rings (SSSR count). The molecule has 5 heteroatoms. The summed E-state index contributed by atoms with van der Waals surface area (Å²) in [6.45, 7) is 7.73. The van der Waals surface area contributed by atoms with Crippen LogP contribution in [0, 0.1) is 6.92 Å². The summed E-state index contributed by atoms with van der Waals surface area (Å²) < 4.78 is 11.0. The average molecular weight is 293 g/mol. The van der Waals surface area contributed by atoms with Gasteiger partial charge in [-0.05, 0) is 32.9 Å². The number of aryl methyl sites for hydroxylation is 1. The number of carbonyl (C=O) groups excluding carboxylic acids is 1. The number of carbonyl (C=O) groups is 1. The molecule has 0 bridgehead atoms. The number of aliphatic hydroxyl groups is 1. The highest BCUT2D eigenvalue weighted by Crippen LogP contribution is 2.27. The fourth-order valence-electron chi connectivity index (χ4n) is 2.38. The molecule has 0 aliphatic carbocycles. The molecule has 1 unspecified atom stereocenters. The first-order valence-corrected chi connectivity index (χ1v) is 7.31. The number of hydrogen-bond acceptors (Lipinski definition) is 4. The van der Waals surface area contributed by atoms with Crippen LogP contribution in [-0.4, -0.2) is 48.3 Å². The lowest BCUT2D eigenvalue weighted by Crippen LogP contribution is -2.46. The Balaban J connectivity index is 2.08. The summed E-state index contributed by atoms with van der Waals surface area (Å²) in [5.41, 5.74) is 1.75. The molecule has 1 aliphatic heterocycles. The minimum atomic E-state index is -0.634. The lowest BCUT2D eigenvalue weighted by atomic mass is 10.1. The van der Waals surface area contributed by atoms with Crippen LogP contribution in [0.2, 0.25) is 0 Å². The molecule has 1 N–H and O–H groups in total. The van der Waals surface area contributed by atoms with Gasteiger partial charge in [0, 0.05) is 18.7 Å². The minimum Gasteiger partial charge on any atom is -0.481 e. The largest absolute Gasteiger partial charge is 0.481 e. The Bertz CT molecular complexity index is 495. The average Bonchev–Trinajstić information content (AvgIpc) is 2.49. The van der Waals surface area contributed by atoms with E-state index in [0.717, 1.165) is 5.56 Å². The highest BCUT2D eigenvalue weighted by molar-refractivity contribution is 5.81. The number of ether oxygens (including phenoxy) is 2. The van der Waals surface area contributed by atoms with Crippen LogP contribution in [-0.2, 0) is 9.53 Å². The van der Waals surface area contributed by atoms with Crippen LogP contribution in [0.15, 0.2) is 18.2 Å². The van der Waals surface area contributed by atoms with Gasteiger partial charge in [0.2, 0.25) is 0 Å². The van der Waals surface area contributed by atoms with Gasteiger partial charge in [0.15, 0.2) is 6.10 Å². The van der Waals surface area contributed by atoms with Gasteiger partial charge in [0.1, 0.15) is 5.75 Å². The lowest BCUT2D eigenvalue weighted by molar-refractivity contribution is -0.142. The van der Waals surface area contributed by atoms with E-state index in [1.165, 1.54) is 0 Å². The summed E-state index contributed by atoms with van der Waals surface area (Å²) in [4.78, 5) is 14.1. The van der Waals surface area contributed by atoms with Crippen molar-refractivity contribution < 1.29 is 19.4 Å². The normalized spacial score (nSPS) is 18.2. The molecular formula is C16H23NO4. The highest BCUT2D eigenvalue weighted by atomic mass is 16.5. The topological polar surface area (TPSA) is 59.0 Å². The Labute approximate surface area is 125 Å². The first kappa shape index (κ1) is 15.8. The van der Waals surface area contributed by atoms with Gasteiger partial charge in [0.25, 0.3) is 5.91 Å². The van der Waals surface area contributed by atoms with E-state index < -0.39 is 12.2 Å². The zero-order valence-electron chi connectivity index (χ0n) is 12.8. The van der Waals surface area contributed by atoms with E-state index in [1.54, 1.807) is 24.8 Å². The molecule has 5 nitrogen and oxygen atoms in total. The molecule has 2 atom stereocenters. The van der Waals surface area contributed by atoms with Crippen molar-refractivity contribution in [3.05, 3.63) is 29.3 Å². The van der Waals surface area contributed by atoms with Gasteiger partial charge in [-0.2, -0.15) is 0 Å². The predicted octanol–water partition coefficient (Wildman–Crippen LogP) is 1.67. The molecule has 1 aromatic rings. The maximum atomic E-state index is 12.3. The highest BCUT2D eigenvalue weighted by Gasteiger charge is 2.24. The first-order chi connectivity index (χ1) is 9.99. The molecule has 0 radical (unpaired) electrons. The Kier molecular flexibility index (Phi) is 5.20. The lowest BCUT2D eigenvalue weighted by Gasteiger charge is -2.29. The predicted molar refractivity (Wildman–Crippen MR) is 79.3 cm³/mol. The van der Waals surface area contributed by atoms with Gasteiger partial charge in [-0.15, -0.1) is 0 Å². The van der Waals surface area contributed by atoms with Crippen molar-refractivity contribution in [1.29, 1.82) is 0 Å². The SMILES string of the molecule is Cc1ccc(OC(C)C(=O)N2CCOCC2)c([C@H](C)O)c1. The molecule has 1 heterocycles. The number of benzene rings is 1. The van der Waals surface area contributed by atoms with Crippen LogP contribution in [0.1, 0.15) is 31.1 Å². The molecule has 116 valence electrons. The smallest absolute Gasteiger partial charge is 0.263 e. The van der Waals surface area contributed by atoms with Crippen molar-refractivity contribution in [3.8, 4) is 5.75 Å². The number of nitrogens with zero attached hydrogens (tertiary/aromatic N) is 1. The third-order valence-electron chi connectivity index (χ3n) is 3.59. The summed E-state index contributed by atoms with van der Waals surface area (Å²) in [5.74, 6) is 0.514. The Morgan fingerprint density at radius 2 is 2.00 bits per heavy atom. The fourth-order valence-corrected chi connectivity index (χ4v) is 2.38. The van der Waals surface area contributed by atoms with Crippen LogP contribution in [0.5, 0.6) is 5.75 Å². The standard InChI is InChI=1S/C16H23NO4/c1-11-4-5-15(14(10-11)12(2)18)21-13(3)16(19)17-6-8-20-9-7-17/h4-5,10,12-13,18H,6-9H2,1-3H3/t12-,13?/m0/s1. The maximum absolute atomic E-state index is 12.3. The second kappa shape index (κ2) is 6.91. The molecular weight excluding hydrogens is 270 g/mol. The van der Waals surface area contributed by atoms with Crippen molar-refractivity contribution in [2.24, 2.45) is 0 Å². The van der Waals surface area contributed by atoms with E-state index in [9.17, 15) is 9.90 Å². The third kappa shape index (κ3) is 3.95. The van der Waals surface area contributed by atoms with Crippen molar-refractivity contribution in [3.63, 3.8) is 0 Å². The van der Waals surface area contributed by atoms with Crippen LogP contribution in [0.25, 0.3) is 0 Å². The molecule has 1 aliphatic rings. The Morgan fingerprint density at radius 3 is 2.62 bits per heavy atom. The second-order valence-electron chi connectivity index (χ2n) is 5.41. The third-order valence-corrected chi connectivity index (χ3v) is 3.59. The van der Waals surface area contributed by atoms with E-state index in [-0.39, 0.29) is 5.91 Å². The number of amides is 1. The van der Waals surface area contributed by atoms with E-state index in [1.807, 2.05) is 19.1 Å². The summed E-state index contributed by atoms with van der Waals surface area (Å²) in [7, 11) is 0. The molecule has 0 saturated carbocycles. The minimum absolute atomic E-state index is 0.0459. The zero-order valence-corrected chi connectivity index (χ0v) is 12.8. The van der Waals surface area contributed by atoms with Gasteiger partial charge in [-0.3, -0.25) is 4.79 Å². The van der Waals surface area contributed by atoms with Crippen molar-refractivity contribution in [1.82, 2.24) is 4.90 Å². The second-order valence-corrected chi connectivity index (χ2v) is 5.41. The van der Waals surface area contributed by atoms with Gasteiger partial charge >= 0.3 is 0 Å². The first-order valence-electron chi connectivity index (χ1n) is 7.31. The Morgan fingerprint density at radius 1 is 1.33 bits per heavy atom. The van der Waals surface area contributed by atoms with Crippen LogP contribution in [0.3, 0.4) is 0 Å². The quantitative estimate of drug-likeness (QED) is 0.917. The van der Waals surface area contributed by atoms with E-state index >= 15 is 0 Å². The molecule has 1 aromatic carbocycles. The van der Waals surface area contributed by atoms with Crippen molar-refractivity contribution in [2.45, 2.75) is 33.0 Å². The van der Waals surface area contributed by atoms with Gasteiger partial charge in [0.05, 0.1) is 19.3 Å². The van der Waals surface area contributed by atoms with Crippen molar-refractivity contribution in [2.75, 3.05) is 26.3 Å². The van der Waals surface area contributed by atoms with Crippen LogP contribution in [0.4, 0.5) is 0 Å². The molecule has 1 fully saturated rings. The number of rotatable bonds is 4. The molecule has 21 heavy (non-hydrogen) atoms. The van der Waals surface area contributed by atoms with Gasteiger partial charge < -0.3 is 19.5 Å². The summed E-state index contributed by atoms with van der Waals surface area (Å²) in [6, 6.07) is 5.60. The zero-order chi connectivity index (χ0) is 15.4. The molecule has 1 amide bonds.